The maximum Gasteiger partial charge on any atom is 0.326 e. The fraction of sp³-hybridized carbons (Fsp3) is 0.238. The van der Waals surface area contributed by atoms with Crippen molar-refractivity contribution in [3.05, 3.63) is 83.4 Å². The lowest BCUT2D eigenvalue weighted by atomic mass is 9.90. The Bertz CT molecular complexity index is 695. The zero-order valence-corrected chi connectivity index (χ0v) is 14.5. The molecule has 0 aromatic heterocycles. The van der Waals surface area contributed by atoms with E-state index in [0.29, 0.717) is 0 Å². The van der Waals surface area contributed by atoms with Crippen LogP contribution in [-0.2, 0) is 9.59 Å². The van der Waals surface area contributed by atoms with Crippen LogP contribution in [0, 0.1) is 0 Å². The molecule has 2 N–H and O–H groups in total. The van der Waals surface area contributed by atoms with Crippen LogP contribution in [0.15, 0.2) is 72.3 Å². The van der Waals surface area contributed by atoms with E-state index in [1.54, 1.807) is 0 Å². The van der Waals surface area contributed by atoms with Gasteiger partial charge in [-0.15, -0.1) is 0 Å². The summed E-state index contributed by atoms with van der Waals surface area (Å²) in [6.45, 7) is 3.80. The lowest BCUT2D eigenvalue weighted by Crippen LogP contribution is -2.43. The number of hydrogen-bond acceptors (Lipinski definition) is 2. The number of amides is 1. The third kappa shape index (κ3) is 5.31. The minimum absolute atomic E-state index is 0.264. The summed E-state index contributed by atoms with van der Waals surface area (Å²) < 4.78 is 0. The van der Waals surface area contributed by atoms with Gasteiger partial charge in [-0.25, -0.2) is 4.79 Å². The SMILES string of the molecule is CC(C)=CC[C@H](NC(=O)C(c1ccccc1)c1ccccc1)C(=O)O. The molecule has 0 radical (unpaired) electrons. The van der Waals surface area contributed by atoms with Gasteiger partial charge in [-0.2, -0.15) is 0 Å². The molecule has 130 valence electrons. The molecule has 1 atom stereocenters. The number of carbonyl (C=O) groups is 2. The molecule has 2 aromatic carbocycles. The number of nitrogens with one attached hydrogen (secondary N) is 1. The molecule has 25 heavy (non-hydrogen) atoms. The van der Waals surface area contributed by atoms with Crippen LogP contribution in [0.3, 0.4) is 0 Å². The zero-order valence-electron chi connectivity index (χ0n) is 14.5. The topological polar surface area (TPSA) is 66.4 Å². The van der Waals surface area contributed by atoms with Crippen LogP contribution in [0.4, 0.5) is 0 Å². The fourth-order valence-electron chi connectivity index (χ4n) is 2.62. The molecule has 0 aliphatic heterocycles. The number of carboxylic acid groups (broad SMARTS) is 1. The van der Waals surface area contributed by atoms with Crippen molar-refractivity contribution >= 4 is 11.9 Å². The normalized spacial score (nSPS) is 11.6. The molecule has 0 aliphatic rings. The summed E-state index contributed by atoms with van der Waals surface area (Å²) >= 11 is 0. The third-order valence-electron chi connectivity index (χ3n) is 3.90. The average molecular weight is 337 g/mol. The van der Waals surface area contributed by atoms with Gasteiger partial charge in [0, 0.05) is 0 Å². The van der Waals surface area contributed by atoms with Gasteiger partial charge in [-0.3, -0.25) is 4.79 Å². The van der Waals surface area contributed by atoms with E-state index in [4.69, 9.17) is 0 Å². The molecule has 0 fully saturated rings. The van der Waals surface area contributed by atoms with Crippen LogP contribution >= 0.6 is 0 Å². The van der Waals surface area contributed by atoms with Crippen LogP contribution in [0.1, 0.15) is 37.3 Å². The molecular formula is C21H23NO3. The molecule has 2 aromatic rings. The van der Waals surface area contributed by atoms with Crippen LogP contribution in [-0.4, -0.2) is 23.0 Å². The number of allylic oxidation sites excluding steroid dienone is 1. The van der Waals surface area contributed by atoms with Gasteiger partial charge in [0.2, 0.25) is 5.91 Å². The van der Waals surface area contributed by atoms with E-state index >= 15 is 0 Å². The van der Waals surface area contributed by atoms with E-state index in [9.17, 15) is 14.7 Å². The summed E-state index contributed by atoms with van der Waals surface area (Å²) in [7, 11) is 0. The first-order valence-electron chi connectivity index (χ1n) is 8.25. The van der Waals surface area contributed by atoms with E-state index in [1.165, 1.54) is 0 Å². The van der Waals surface area contributed by atoms with Gasteiger partial charge in [0.05, 0.1) is 5.92 Å². The second kappa shape index (κ2) is 8.83. The number of carbonyl (C=O) groups excluding carboxylic acids is 1. The predicted molar refractivity (Wildman–Crippen MR) is 98.3 cm³/mol. The molecule has 0 spiro atoms. The van der Waals surface area contributed by atoms with Gasteiger partial charge >= 0.3 is 5.97 Å². The van der Waals surface area contributed by atoms with Gasteiger partial charge < -0.3 is 10.4 Å². The number of hydrogen-bond donors (Lipinski definition) is 2. The van der Waals surface area contributed by atoms with Gasteiger partial charge in [-0.1, -0.05) is 72.3 Å². The molecule has 0 aliphatic carbocycles. The first-order chi connectivity index (χ1) is 12.0. The van der Waals surface area contributed by atoms with Crippen molar-refractivity contribution < 1.29 is 14.7 Å². The summed E-state index contributed by atoms with van der Waals surface area (Å²) in [5.41, 5.74) is 2.68. The lowest BCUT2D eigenvalue weighted by Gasteiger charge is -2.21. The molecule has 1 amide bonds. The molecule has 0 saturated carbocycles. The highest BCUT2D eigenvalue weighted by molar-refractivity contribution is 5.90. The summed E-state index contributed by atoms with van der Waals surface area (Å²) in [6, 6.07) is 17.8. The minimum atomic E-state index is -1.04. The second-order valence-corrected chi connectivity index (χ2v) is 6.17. The fourth-order valence-corrected chi connectivity index (χ4v) is 2.62. The van der Waals surface area contributed by atoms with Crippen LogP contribution in [0.5, 0.6) is 0 Å². The molecular weight excluding hydrogens is 314 g/mol. The Morgan fingerprint density at radius 3 is 1.84 bits per heavy atom. The van der Waals surface area contributed by atoms with Crippen molar-refractivity contribution in [2.75, 3.05) is 0 Å². The Kier molecular flexibility index (Phi) is 6.52. The van der Waals surface area contributed by atoms with Crippen LogP contribution < -0.4 is 5.32 Å². The van der Waals surface area contributed by atoms with Gasteiger partial charge in [0.25, 0.3) is 0 Å². The largest absolute Gasteiger partial charge is 0.480 e. The molecule has 0 unspecified atom stereocenters. The van der Waals surface area contributed by atoms with Crippen molar-refractivity contribution in [1.29, 1.82) is 0 Å². The summed E-state index contributed by atoms with van der Waals surface area (Å²) in [5.74, 6) is -1.89. The molecule has 0 heterocycles. The van der Waals surface area contributed by atoms with E-state index in [-0.39, 0.29) is 12.3 Å². The Balaban J connectivity index is 2.29. The quantitative estimate of drug-likeness (QED) is 0.756. The van der Waals surface area contributed by atoms with E-state index < -0.39 is 17.9 Å². The first-order valence-corrected chi connectivity index (χ1v) is 8.25. The maximum atomic E-state index is 12.9. The molecule has 4 heteroatoms. The summed E-state index contributed by atoms with van der Waals surface area (Å²) in [5, 5.41) is 12.1. The van der Waals surface area contributed by atoms with Gasteiger partial charge in [0.1, 0.15) is 6.04 Å². The van der Waals surface area contributed by atoms with Gasteiger partial charge in [0.15, 0.2) is 0 Å². The predicted octanol–water partition coefficient (Wildman–Crippen LogP) is 3.74. The van der Waals surface area contributed by atoms with Gasteiger partial charge in [-0.05, 0) is 31.4 Å². The Morgan fingerprint density at radius 2 is 1.44 bits per heavy atom. The minimum Gasteiger partial charge on any atom is -0.480 e. The van der Waals surface area contributed by atoms with E-state index in [1.807, 2.05) is 80.6 Å². The average Bonchev–Trinajstić information content (AvgIpc) is 2.60. The summed E-state index contributed by atoms with van der Waals surface area (Å²) in [4.78, 5) is 24.4. The van der Waals surface area contributed by atoms with Crippen LogP contribution in [0.2, 0.25) is 0 Å². The Labute approximate surface area is 148 Å². The number of aliphatic carboxylic acids is 1. The van der Waals surface area contributed by atoms with Crippen molar-refractivity contribution in [3.63, 3.8) is 0 Å². The molecule has 2 rings (SSSR count). The smallest absolute Gasteiger partial charge is 0.326 e. The highest BCUT2D eigenvalue weighted by atomic mass is 16.4. The Morgan fingerprint density at radius 1 is 0.960 bits per heavy atom. The zero-order chi connectivity index (χ0) is 18.2. The summed E-state index contributed by atoms with van der Waals surface area (Å²) in [6.07, 6.45) is 2.08. The maximum absolute atomic E-state index is 12.9. The van der Waals surface area contributed by atoms with E-state index in [2.05, 4.69) is 5.32 Å². The van der Waals surface area contributed by atoms with Crippen molar-refractivity contribution in [2.45, 2.75) is 32.2 Å². The number of benzene rings is 2. The lowest BCUT2D eigenvalue weighted by molar-refractivity contribution is -0.141. The molecule has 0 saturated heterocycles. The van der Waals surface area contributed by atoms with Crippen molar-refractivity contribution in [3.8, 4) is 0 Å². The molecule has 4 nitrogen and oxygen atoms in total. The molecule has 0 bridgehead atoms. The van der Waals surface area contributed by atoms with Crippen molar-refractivity contribution in [1.82, 2.24) is 5.32 Å². The Hall–Kier alpha value is -2.88. The second-order valence-electron chi connectivity index (χ2n) is 6.17. The van der Waals surface area contributed by atoms with Crippen LogP contribution in [0.25, 0.3) is 0 Å². The third-order valence-corrected chi connectivity index (χ3v) is 3.90. The highest BCUT2D eigenvalue weighted by Gasteiger charge is 2.27. The van der Waals surface area contributed by atoms with E-state index in [0.717, 1.165) is 16.7 Å². The first kappa shape index (κ1) is 18.5. The standard InChI is InChI=1S/C21H23NO3/c1-15(2)13-14-18(21(24)25)22-20(23)19(16-9-5-3-6-10-16)17-11-7-4-8-12-17/h3-13,18-19H,14H2,1-2H3,(H,22,23)(H,24,25)/t18-/m0/s1. The number of carboxylic acids is 1. The van der Waals surface area contributed by atoms with Crippen molar-refractivity contribution in [2.24, 2.45) is 0 Å². The monoisotopic (exact) mass is 337 g/mol. The number of rotatable bonds is 7. The highest BCUT2D eigenvalue weighted by Crippen LogP contribution is 2.25.